The number of rotatable bonds is 5. The molecule has 0 atom stereocenters. The number of aryl methyl sites for hydroxylation is 1. The van der Waals surface area contributed by atoms with E-state index in [1.807, 2.05) is 19.2 Å². The molecule has 21 heavy (non-hydrogen) atoms. The fourth-order valence-corrected chi connectivity index (χ4v) is 1.82. The number of guanidine groups is 1. The number of nitrogens with one attached hydrogen (secondary N) is 1. The summed E-state index contributed by atoms with van der Waals surface area (Å²) in [5.41, 5.74) is 7.63. The van der Waals surface area contributed by atoms with Crippen LogP contribution >= 0.6 is 0 Å². The van der Waals surface area contributed by atoms with Gasteiger partial charge < -0.3 is 20.5 Å². The van der Waals surface area contributed by atoms with E-state index in [0.717, 1.165) is 11.4 Å². The van der Waals surface area contributed by atoms with Gasteiger partial charge in [-0.15, -0.1) is 0 Å². The Bertz CT molecular complexity index is 636. The van der Waals surface area contributed by atoms with E-state index in [2.05, 4.69) is 15.4 Å². The maximum atomic E-state index is 5.87. The number of methoxy groups -OCH3 is 2. The van der Waals surface area contributed by atoms with Crippen molar-refractivity contribution in [1.82, 2.24) is 9.78 Å². The van der Waals surface area contributed by atoms with E-state index in [4.69, 9.17) is 15.2 Å². The summed E-state index contributed by atoms with van der Waals surface area (Å²) in [7, 11) is 5.04. The van der Waals surface area contributed by atoms with Gasteiger partial charge in [0.2, 0.25) is 0 Å². The zero-order chi connectivity index (χ0) is 15.2. The van der Waals surface area contributed by atoms with Crippen molar-refractivity contribution >= 4 is 11.6 Å². The summed E-state index contributed by atoms with van der Waals surface area (Å²) in [6.45, 7) is 0.461. The molecule has 1 aromatic heterocycles. The van der Waals surface area contributed by atoms with Crippen LogP contribution in [0.5, 0.6) is 11.5 Å². The maximum absolute atomic E-state index is 5.87. The van der Waals surface area contributed by atoms with Gasteiger partial charge in [0.05, 0.1) is 26.5 Å². The van der Waals surface area contributed by atoms with Crippen LogP contribution in [0.2, 0.25) is 0 Å². The molecule has 1 heterocycles. The summed E-state index contributed by atoms with van der Waals surface area (Å²) in [6, 6.07) is 7.34. The molecule has 0 fully saturated rings. The highest BCUT2D eigenvalue weighted by molar-refractivity contribution is 5.92. The molecule has 0 aliphatic carbocycles. The Kier molecular flexibility index (Phi) is 4.65. The zero-order valence-corrected chi connectivity index (χ0v) is 12.3. The minimum Gasteiger partial charge on any atom is -0.493 e. The van der Waals surface area contributed by atoms with Gasteiger partial charge in [0, 0.05) is 25.0 Å². The van der Waals surface area contributed by atoms with Gasteiger partial charge in [0.1, 0.15) is 0 Å². The minimum absolute atomic E-state index is 0.323. The van der Waals surface area contributed by atoms with Gasteiger partial charge in [-0.3, -0.25) is 4.68 Å². The SMILES string of the molecule is COc1ccc(NC(N)=NCc2ccnn2C)cc1OC. The summed E-state index contributed by atoms with van der Waals surface area (Å²) in [5, 5.41) is 7.09. The Morgan fingerprint density at radius 3 is 2.67 bits per heavy atom. The van der Waals surface area contributed by atoms with Crippen molar-refractivity contribution in [2.24, 2.45) is 17.8 Å². The van der Waals surface area contributed by atoms with Gasteiger partial charge in [-0.2, -0.15) is 5.10 Å². The highest BCUT2D eigenvalue weighted by Crippen LogP contribution is 2.29. The second-order valence-corrected chi connectivity index (χ2v) is 4.34. The molecule has 1 aromatic carbocycles. The third kappa shape index (κ3) is 3.65. The number of anilines is 1. The van der Waals surface area contributed by atoms with E-state index in [0.29, 0.717) is 24.0 Å². The van der Waals surface area contributed by atoms with Crippen LogP contribution in [0.25, 0.3) is 0 Å². The first kappa shape index (κ1) is 14.7. The summed E-state index contributed by atoms with van der Waals surface area (Å²) in [5.74, 6) is 1.61. The fraction of sp³-hybridized carbons (Fsp3) is 0.286. The van der Waals surface area contributed by atoms with Crippen molar-refractivity contribution < 1.29 is 9.47 Å². The number of hydrogen-bond acceptors (Lipinski definition) is 4. The largest absolute Gasteiger partial charge is 0.493 e. The summed E-state index contributed by atoms with van der Waals surface area (Å²) < 4.78 is 12.2. The average Bonchev–Trinajstić information content (AvgIpc) is 2.90. The Morgan fingerprint density at radius 1 is 1.29 bits per heavy atom. The molecule has 0 saturated heterocycles. The fourth-order valence-electron chi connectivity index (χ4n) is 1.82. The topological polar surface area (TPSA) is 86.7 Å². The molecule has 0 aliphatic rings. The molecular formula is C14H19N5O2. The van der Waals surface area contributed by atoms with E-state index >= 15 is 0 Å². The Labute approximate surface area is 123 Å². The van der Waals surface area contributed by atoms with Crippen molar-refractivity contribution in [2.45, 2.75) is 6.54 Å². The Balaban J connectivity index is 2.05. The highest BCUT2D eigenvalue weighted by atomic mass is 16.5. The lowest BCUT2D eigenvalue weighted by Gasteiger charge is -2.10. The van der Waals surface area contributed by atoms with Crippen molar-refractivity contribution in [3.8, 4) is 11.5 Å². The molecule has 2 aromatic rings. The van der Waals surface area contributed by atoms with Crippen LogP contribution in [0.3, 0.4) is 0 Å². The van der Waals surface area contributed by atoms with Crippen LogP contribution in [0.4, 0.5) is 5.69 Å². The lowest BCUT2D eigenvalue weighted by Crippen LogP contribution is -2.22. The number of ether oxygens (including phenoxy) is 2. The lowest BCUT2D eigenvalue weighted by molar-refractivity contribution is 0.355. The van der Waals surface area contributed by atoms with Gasteiger partial charge in [-0.1, -0.05) is 0 Å². The molecule has 0 unspecified atom stereocenters. The van der Waals surface area contributed by atoms with Crippen molar-refractivity contribution in [2.75, 3.05) is 19.5 Å². The molecule has 0 saturated carbocycles. The predicted octanol–water partition coefficient (Wildman–Crippen LogP) is 1.36. The van der Waals surface area contributed by atoms with Crippen LogP contribution in [-0.4, -0.2) is 30.0 Å². The second kappa shape index (κ2) is 6.65. The van der Waals surface area contributed by atoms with Crippen molar-refractivity contribution in [3.05, 3.63) is 36.2 Å². The lowest BCUT2D eigenvalue weighted by atomic mass is 10.3. The molecule has 0 bridgehead atoms. The predicted molar refractivity (Wildman–Crippen MR) is 81.7 cm³/mol. The second-order valence-electron chi connectivity index (χ2n) is 4.34. The van der Waals surface area contributed by atoms with Gasteiger partial charge in [-0.25, -0.2) is 4.99 Å². The highest BCUT2D eigenvalue weighted by Gasteiger charge is 2.05. The average molecular weight is 289 g/mol. The Morgan fingerprint density at radius 2 is 2.05 bits per heavy atom. The van der Waals surface area contributed by atoms with Crippen LogP contribution in [0.1, 0.15) is 5.69 Å². The quantitative estimate of drug-likeness (QED) is 0.641. The molecule has 3 N–H and O–H groups in total. The number of hydrogen-bond donors (Lipinski definition) is 2. The maximum Gasteiger partial charge on any atom is 0.193 e. The monoisotopic (exact) mass is 289 g/mol. The normalized spacial score (nSPS) is 11.3. The molecule has 7 heteroatoms. The van der Waals surface area contributed by atoms with Gasteiger partial charge >= 0.3 is 0 Å². The first-order valence-corrected chi connectivity index (χ1v) is 6.40. The van der Waals surface area contributed by atoms with Crippen molar-refractivity contribution in [1.29, 1.82) is 0 Å². The van der Waals surface area contributed by atoms with E-state index in [-0.39, 0.29) is 0 Å². The first-order chi connectivity index (χ1) is 10.1. The number of aliphatic imine (C=N–C) groups is 1. The van der Waals surface area contributed by atoms with E-state index in [9.17, 15) is 0 Å². The molecule has 0 radical (unpaired) electrons. The van der Waals surface area contributed by atoms with Gasteiger partial charge in [0.25, 0.3) is 0 Å². The molecule has 112 valence electrons. The number of nitrogens with zero attached hydrogens (tertiary/aromatic N) is 3. The smallest absolute Gasteiger partial charge is 0.193 e. The zero-order valence-electron chi connectivity index (χ0n) is 12.3. The molecule has 0 spiro atoms. The molecular weight excluding hydrogens is 270 g/mol. The third-order valence-corrected chi connectivity index (χ3v) is 2.99. The van der Waals surface area contributed by atoms with E-state index < -0.39 is 0 Å². The number of benzene rings is 1. The van der Waals surface area contributed by atoms with Crippen molar-refractivity contribution in [3.63, 3.8) is 0 Å². The minimum atomic E-state index is 0.323. The molecule has 2 rings (SSSR count). The molecule has 7 nitrogen and oxygen atoms in total. The van der Waals surface area contributed by atoms with Crippen LogP contribution in [0.15, 0.2) is 35.5 Å². The summed E-state index contributed by atoms with van der Waals surface area (Å²) in [4.78, 5) is 4.27. The summed E-state index contributed by atoms with van der Waals surface area (Å²) in [6.07, 6.45) is 1.73. The van der Waals surface area contributed by atoms with Crippen LogP contribution in [-0.2, 0) is 13.6 Å². The molecule has 0 amide bonds. The first-order valence-electron chi connectivity index (χ1n) is 6.40. The molecule has 0 aliphatic heterocycles. The van der Waals surface area contributed by atoms with Gasteiger partial charge in [0.15, 0.2) is 17.5 Å². The summed E-state index contributed by atoms with van der Waals surface area (Å²) >= 11 is 0. The Hall–Kier alpha value is -2.70. The van der Waals surface area contributed by atoms with E-state index in [1.165, 1.54) is 0 Å². The standard InChI is InChI=1S/C14H19N5O2/c1-19-11(6-7-17-19)9-16-14(15)18-10-4-5-12(20-2)13(8-10)21-3/h4-8H,9H2,1-3H3,(H3,15,16,18). The van der Waals surface area contributed by atoms with E-state index in [1.54, 1.807) is 37.2 Å². The number of nitrogens with two attached hydrogens (primary N) is 1. The third-order valence-electron chi connectivity index (χ3n) is 2.99. The van der Waals surface area contributed by atoms with Gasteiger partial charge in [-0.05, 0) is 18.2 Å². The van der Waals surface area contributed by atoms with Crippen LogP contribution < -0.4 is 20.5 Å². The van der Waals surface area contributed by atoms with Crippen LogP contribution in [0, 0.1) is 0 Å². The number of aromatic nitrogens is 2.